The van der Waals surface area contributed by atoms with Crippen LogP contribution in [0.5, 0.6) is 0 Å². The number of furan rings is 1. The Morgan fingerprint density at radius 1 is 1.24 bits per heavy atom. The summed E-state index contributed by atoms with van der Waals surface area (Å²) in [6.07, 6.45) is 4.80. The van der Waals surface area contributed by atoms with E-state index in [0.29, 0.717) is 17.7 Å². The number of rotatable bonds is 6. The molecule has 9 nitrogen and oxygen atoms in total. The van der Waals surface area contributed by atoms with Crippen molar-refractivity contribution in [1.29, 1.82) is 0 Å². The summed E-state index contributed by atoms with van der Waals surface area (Å²) in [5, 5.41) is 2.76. The maximum absolute atomic E-state index is 13.4. The van der Waals surface area contributed by atoms with Crippen LogP contribution in [0, 0.1) is 0 Å². The topological polar surface area (TPSA) is 117 Å². The van der Waals surface area contributed by atoms with Gasteiger partial charge in [-0.25, -0.2) is 13.2 Å². The van der Waals surface area contributed by atoms with Gasteiger partial charge in [-0.15, -0.1) is 0 Å². The van der Waals surface area contributed by atoms with Gasteiger partial charge in [0.25, 0.3) is 5.91 Å². The van der Waals surface area contributed by atoms with Gasteiger partial charge in [-0.1, -0.05) is 18.2 Å². The van der Waals surface area contributed by atoms with E-state index < -0.39 is 45.8 Å². The molecular weight excluding hydrogens is 458 g/mol. The summed E-state index contributed by atoms with van der Waals surface area (Å²) in [4.78, 5) is 41.9. The van der Waals surface area contributed by atoms with Crippen molar-refractivity contribution in [2.45, 2.75) is 50.7 Å². The first-order chi connectivity index (χ1) is 16.2. The second-order valence-corrected chi connectivity index (χ2v) is 11.7. The van der Waals surface area contributed by atoms with E-state index in [1.807, 2.05) is 18.2 Å². The highest BCUT2D eigenvalue weighted by Gasteiger charge is 2.50. The van der Waals surface area contributed by atoms with Crippen LogP contribution in [0.25, 0.3) is 0 Å². The largest absolute Gasteiger partial charge is 0.467 e. The summed E-state index contributed by atoms with van der Waals surface area (Å²) in [5.74, 6) is -0.648. The minimum atomic E-state index is -3.25. The number of nitrogens with one attached hydrogen (secondary N) is 1. The number of imide groups is 1. The van der Waals surface area contributed by atoms with Gasteiger partial charge < -0.3 is 14.6 Å². The molecule has 4 amide bonds. The van der Waals surface area contributed by atoms with Crippen LogP contribution >= 0.6 is 0 Å². The molecule has 1 aliphatic carbocycles. The number of carbonyl (C=O) groups excluding carboxylic acids is 3. The average molecular weight is 486 g/mol. The van der Waals surface area contributed by atoms with Crippen LogP contribution in [-0.2, 0) is 44.4 Å². The third-order valence-electron chi connectivity index (χ3n) is 7.12. The van der Waals surface area contributed by atoms with Gasteiger partial charge in [-0.2, -0.15) is 0 Å². The van der Waals surface area contributed by atoms with E-state index in [1.54, 1.807) is 19.1 Å². The molecule has 1 N–H and O–H groups in total. The summed E-state index contributed by atoms with van der Waals surface area (Å²) in [6.45, 7) is 1.25. The number of fused-ring (bicyclic) bond motifs is 1. The molecule has 1 aromatic heterocycles. The van der Waals surface area contributed by atoms with Crippen molar-refractivity contribution in [2.24, 2.45) is 0 Å². The van der Waals surface area contributed by atoms with Gasteiger partial charge in [0.2, 0.25) is 5.91 Å². The number of hydrogen-bond acceptors (Lipinski definition) is 6. The summed E-state index contributed by atoms with van der Waals surface area (Å²) in [6, 6.07) is 8.04. The molecular formula is C24H27N3O6S. The molecule has 2 aliphatic heterocycles. The smallest absolute Gasteiger partial charge is 0.325 e. The molecule has 2 fully saturated rings. The van der Waals surface area contributed by atoms with Crippen molar-refractivity contribution in [2.75, 3.05) is 18.1 Å². The number of urea groups is 1. The van der Waals surface area contributed by atoms with E-state index in [-0.39, 0.29) is 18.1 Å². The predicted molar refractivity (Wildman–Crippen MR) is 122 cm³/mol. The number of benzene rings is 1. The zero-order valence-electron chi connectivity index (χ0n) is 19.0. The van der Waals surface area contributed by atoms with Gasteiger partial charge in [0.1, 0.15) is 17.8 Å². The molecule has 10 heteroatoms. The number of aryl methyl sites for hydroxylation is 2. The normalized spacial score (nSPS) is 25.4. The lowest BCUT2D eigenvalue weighted by Crippen LogP contribution is -2.48. The van der Waals surface area contributed by atoms with Crippen molar-refractivity contribution >= 4 is 27.7 Å². The van der Waals surface area contributed by atoms with Crippen molar-refractivity contribution < 1.29 is 27.2 Å². The molecule has 0 spiro atoms. The molecule has 180 valence electrons. The number of carbonyl (C=O) groups is 3. The fourth-order valence-electron chi connectivity index (χ4n) is 5.16. The Morgan fingerprint density at radius 3 is 2.74 bits per heavy atom. The lowest BCUT2D eigenvalue weighted by atomic mass is 9.89. The molecule has 3 aliphatic rings. The molecule has 3 heterocycles. The summed E-state index contributed by atoms with van der Waals surface area (Å²) < 4.78 is 29.5. The number of nitrogens with zero attached hydrogens (tertiary/aromatic N) is 2. The molecule has 0 unspecified atom stereocenters. The van der Waals surface area contributed by atoms with Crippen LogP contribution < -0.4 is 5.32 Å². The monoisotopic (exact) mass is 485 g/mol. The van der Waals surface area contributed by atoms with Crippen molar-refractivity contribution in [1.82, 2.24) is 15.1 Å². The second-order valence-electron chi connectivity index (χ2n) is 9.44. The van der Waals surface area contributed by atoms with E-state index in [4.69, 9.17) is 4.42 Å². The summed E-state index contributed by atoms with van der Waals surface area (Å²) >= 11 is 0. The van der Waals surface area contributed by atoms with Crippen LogP contribution in [0.1, 0.15) is 42.2 Å². The molecule has 0 radical (unpaired) electrons. The highest BCUT2D eigenvalue weighted by Crippen LogP contribution is 2.33. The Balaban J connectivity index is 1.37. The molecule has 0 saturated carbocycles. The maximum atomic E-state index is 13.4. The lowest BCUT2D eigenvalue weighted by Gasteiger charge is -2.29. The van der Waals surface area contributed by atoms with Crippen LogP contribution in [0.3, 0.4) is 0 Å². The quantitative estimate of drug-likeness (QED) is 0.623. The SMILES string of the molecule is C[C@@]1(c2ccc3c(c2)CCC3)NC(=O)N(CC(=O)N(Cc2ccco2)[C@@H]2CCS(=O)(=O)C2)C1=O. The second kappa shape index (κ2) is 8.26. The van der Waals surface area contributed by atoms with Gasteiger partial charge in [0.05, 0.1) is 24.3 Å². The Kier molecular flexibility index (Phi) is 5.50. The molecule has 2 saturated heterocycles. The average Bonchev–Trinajstić information content (AvgIpc) is 3.57. The number of sulfone groups is 1. The van der Waals surface area contributed by atoms with Gasteiger partial charge in [0.15, 0.2) is 9.84 Å². The van der Waals surface area contributed by atoms with Crippen LogP contribution in [0.4, 0.5) is 4.79 Å². The Bertz CT molecular complexity index is 1260. The van der Waals surface area contributed by atoms with E-state index in [9.17, 15) is 22.8 Å². The standard InChI is InChI=1S/C24H27N3O6S/c1-24(18-8-7-16-4-2-5-17(16)12-18)22(29)27(23(30)25-24)14-21(28)26(13-20-6-3-10-33-20)19-9-11-34(31,32)15-19/h3,6-8,10,12,19H,2,4-5,9,11,13-15H2,1H3,(H,25,30)/t19-,24+/m1/s1. The molecule has 5 rings (SSSR count). The summed E-state index contributed by atoms with van der Waals surface area (Å²) in [5.41, 5.74) is 1.87. The highest BCUT2D eigenvalue weighted by atomic mass is 32.2. The van der Waals surface area contributed by atoms with Gasteiger partial charge in [0, 0.05) is 6.04 Å². The Hall–Kier alpha value is -3.14. The van der Waals surface area contributed by atoms with E-state index >= 15 is 0 Å². The third kappa shape index (κ3) is 4.00. The first kappa shape index (κ1) is 22.6. The molecule has 34 heavy (non-hydrogen) atoms. The predicted octanol–water partition coefficient (Wildman–Crippen LogP) is 1.75. The van der Waals surface area contributed by atoms with E-state index in [2.05, 4.69) is 5.32 Å². The molecule has 2 atom stereocenters. The minimum absolute atomic E-state index is 0.000861. The van der Waals surface area contributed by atoms with Crippen LogP contribution in [0.15, 0.2) is 41.0 Å². The zero-order valence-corrected chi connectivity index (χ0v) is 19.8. The molecule has 2 aromatic rings. The van der Waals surface area contributed by atoms with Gasteiger partial charge in [-0.05, 0) is 61.4 Å². The van der Waals surface area contributed by atoms with Gasteiger partial charge in [-0.3, -0.25) is 14.5 Å². The number of amides is 4. The van der Waals surface area contributed by atoms with Gasteiger partial charge >= 0.3 is 6.03 Å². The van der Waals surface area contributed by atoms with E-state index in [0.717, 1.165) is 24.2 Å². The maximum Gasteiger partial charge on any atom is 0.325 e. The third-order valence-corrected chi connectivity index (χ3v) is 8.87. The molecule has 0 bridgehead atoms. The lowest BCUT2D eigenvalue weighted by molar-refractivity contribution is -0.140. The van der Waals surface area contributed by atoms with Crippen molar-refractivity contribution in [3.8, 4) is 0 Å². The van der Waals surface area contributed by atoms with Crippen molar-refractivity contribution in [3.05, 3.63) is 59.0 Å². The fourth-order valence-corrected chi connectivity index (χ4v) is 6.89. The first-order valence-electron chi connectivity index (χ1n) is 11.4. The highest BCUT2D eigenvalue weighted by molar-refractivity contribution is 7.91. The summed E-state index contributed by atoms with van der Waals surface area (Å²) in [7, 11) is -3.25. The minimum Gasteiger partial charge on any atom is -0.467 e. The number of hydrogen-bond donors (Lipinski definition) is 1. The Morgan fingerprint density at radius 2 is 2.03 bits per heavy atom. The van der Waals surface area contributed by atoms with Crippen LogP contribution in [0.2, 0.25) is 0 Å². The zero-order chi connectivity index (χ0) is 24.1. The van der Waals surface area contributed by atoms with Crippen molar-refractivity contribution in [3.63, 3.8) is 0 Å². The van der Waals surface area contributed by atoms with E-state index in [1.165, 1.54) is 22.3 Å². The van der Waals surface area contributed by atoms with Crippen LogP contribution in [-0.4, -0.2) is 60.2 Å². The first-order valence-corrected chi connectivity index (χ1v) is 13.3. The Labute approximate surface area is 198 Å². The fraction of sp³-hybridized carbons (Fsp3) is 0.458. The molecule has 1 aromatic carbocycles.